The third-order valence-corrected chi connectivity index (χ3v) is 4.08. The Morgan fingerprint density at radius 3 is 2.48 bits per heavy atom. The molecule has 0 bridgehead atoms. The summed E-state index contributed by atoms with van der Waals surface area (Å²) in [5.41, 5.74) is 3.54. The fourth-order valence-corrected chi connectivity index (χ4v) is 2.58. The molecule has 1 atom stereocenters. The van der Waals surface area contributed by atoms with Gasteiger partial charge in [-0.05, 0) is 44.9 Å². The number of hydrogen-bond acceptors (Lipinski definition) is 4. The number of benzene rings is 1. The summed E-state index contributed by atoms with van der Waals surface area (Å²) >= 11 is 0. The molecule has 2 aromatic rings. The van der Waals surface area contributed by atoms with E-state index in [9.17, 15) is 9.59 Å². The third-order valence-electron chi connectivity index (χ3n) is 4.08. The Kier molecular flexibility index (Phi) is 6.93. The van der Waals surface area contributed by atoms with E-state index >= 15 is 0 Å². The molecule has 1 N–H and O–H groups in total. The molecule has 0 aliphatic heterocycles. The van der Waals surface area contributed by atoms with Crippen LogP contribution in [0.1, 0.15) is 37.7 Å². The maximum atomic E-state index is 12.1. The average molecular weight is 369 g/mol. The Labute approximate surface area is 160 Å². The first-order valence-electron chi connectivity index (χ1n) is 9.07. The van der Waals surface area contributed by atoms with E-state index in [1.165, 1.54) is 6.08 Å². The summed E-state index contributed by atoms with van der Waals surface area (Å²) in [6.45, 7) is 9.94. The maximum Gasteiger partial charge on any atom is 0.331 e. The van der Waals surface area contributed by atoms with Gasteiger partial charge in [-0.1, -0.05) is 32.0 Å². The number of carbonyl (C=O) groups is 2. The van der Waals surface area contributed by atoms with Crippen LogP contribution < -0.4 is 5.32 Å². The first-order chi connectivity index (χ1) is 12.8. The number of aromatic nitrogens is 2. The van der Waals surface area contributed by atoms with Crippen LogP contribution in [0.4, 0.5) is 0 Å². The van der Waals surface area contributed by atoms with Gasteiger partial charge in [0.1, 0.15) is 0 Å². The van der Waals surface area contributed by atoms with E-state index in [1.54, 1.807) is 13.0 Å². The predicted molar refractivity (Wildman–Crippen MR) is 105 cm³/mol. The number of ether oxygens (including phenoxy) is 1. The lowest BCUT2D eigenvalue weighted by atomic mass is 10.2. The van der Waals surface area contributed by atoms with Gasteiger partial charge >= 0.3 is 5.97 Å². The third kappa shape index (κ3) is 5.54. The van der Waals surface area contributed by atoms with Gasteiger partial charge in [-0.25, -0.2) is 9.48 Å². The van der Waals surface area contributed by atoms with Crippen LogP contribution in [0.2, 0.25) is 0 Å². The van der Waals surface area contributed by atoms with Crippen LogP contribution >= 0.6 is 0 Å². The van der Waals surface area contributed by atoms with E-state index in [0.717, 1.165) is 22.6 Å². The topological polar surface area (TPSA) is 73.2 Å². The van der Waals surface area contributed by atoms with E-state index < -0.39 is 12.1 Å². The molecule has 0 unspecified atom stereocenters. The molecule has 0 saturated carbocycles. The van der Waals surface area contributed by atoms with Crippen molar-refractivity contribution in [2.45, 2.75) is 40.7 Å². The van der Waals surface area contributed by atoms with Crippen molar-refractivity contribution in [3.63, 3.8) is 0 Å². The highest BCUT2D eigenvalue weighted by molar-refractivity contribution is 5.90. The molecule has 0 aliphatic rings. The Balaban J connectivity index is 2.04. The van der Waals surface area contributed by atoms with Crippen molar-refractivity contribution >= 4 is 18.0 Å². The molecule has 144 valence electrons. The Hall–Kier alpha value is -2.89. The van der Waals surface area contributed by atoms with Crippen molar-refractivity contribution in [1.82, 2.24) is 15.1 Å². The Morgan fingerprint density at radius 1 is 1.19 bits per heavy atom. The number of esters is 1. The first-order valence-corrected chi connectivity index (χ1v) is 9.07. The smallest absolute Gasteiger partial charge is 0.331 e. The van der Waals surface area contributed by atoms with Gasteiger partial charge < -0.3 is 10.1 Å². The van der Waals surface area contributed by atoms with E-state index in [4.69, 9.17) is 4.74 Å². The second-order valence-electron chi connectivity index (χ2n) is 6.88. The molecule has 0 saturated heterocycles. The van der Waals surface area contributed by atoms with Gasteiger partial charge in [-0.2, -0.15) is 5.10 Å². The van der Waals surface area contributed by atoms with Gasteiger partial charge in [0.25, 0.3) is 5.91 Å². The average Bonchev–Trinajstić information content (AvgIpc) is 2.92. The lowest BCUT2D eigenvalue weighted by molar-refractivity contribution is -0.150. The Morgan fingerprint density at radius 2 is 1.85 bits per heavy atom. The van der Waals surface area contributed by atoms with Crippen molar-refractivity contribution in [3.05, 3.63) is 53.4 Å². The van der Waals surface area contributed by atoms with Gasteiger partial charge in [0.15, 0.2) is 6.10 Å². The largest absolute Gasteiger partial charge is 0.449 e. The summed E-state index contributed by atoms with van der Waals surface area (Å²) in [5, 5.41) is 7.28. The van der Waals surface area contributed by atoms with Crippen LogP contribution in [0.3, 0.4) is 0 Å². The SMILES string of the molecule is Cc1nn(-c2ccccc2)c(C)c1/C=C/C(=O)O[C@@H](C)C(=O)NCC(C)C. The molecule has 27 heavy (non-hydrogen) atoms. The number of para-hydroxylation sites is 1. The minimum absolute atomic E-state index is 0.297. The van der Waals surface area contributed by atoms with E-state index in [2.05, 4.69) is 10.4 Å². The fraction of sp³-hybridized carbons (Fsp3) is 0.381. The number of nitrogens with one attached hydrogen (secondary N) is 1. The molecule has 0 fully saturated rings. The van der Waals surface area contributed by atoms with Gasteiger partial charge in [0.2, 0.25) is 0 Å². The highest BCUT2D eigenvalue weighted by Gasteiger charge is 2.17. The molecular weight excluding hydrogens is 342 g/mol. The summed E-state index contributed by atoms with van der Waals surface area (Å²) in [6.07, 6.45) is 2.17. The highest BCUT2D eigenvalue weighted by Crippen LogP contribution is 2.19. The molecule has 6 heteroatoms. The molecule has 2 rings (SSSR count). The second-order valence-corrected chi connectivity index (χ2v) is 6.88. The molecule has 6 nitrogen and oxygen atoms in total. The first kappa shape index (κ1) is 20.4. The van der Waals surface area contributed by atoms with Crippen LogP contribution in [-0.2, 0) is 14.3 Å². The van der Waals surface area contributed by atoms with E-state index in [0.29, 0.717) is 12.5 Å². The number of rotatable bonds is 7. The molecule has 1 heterocycles. The van der Waals surface area contributed by atoms with Gasteiger partial charge in [0, 0.05) is 23.9 Å². The number of hydrogen-bond donors (Lipinski definition) is 1. The second kappa shape index (κ2) is 9.16. The van der Waals surface area contributed by atoms with Crippen LogP contribution in [0.25, 0.3) is 11.8 Å². The van der Waals surface area contributed by atoms with Crippen molar-refractivity contribution in [1.29, 1.82) is 0 Å². The summed E-state index contributed by atoms with van der Waals surface area (Å²) < 4.78 is 7.01. The van der Waals surface area contributed by atoms with Crippen molar-refractivity contribution in [2.24, 2.45) is 5.92 Å². The number of aryl methyl sites for hydroxylation is 1. The van der Waals surface area contributed by atoms with Gasteiger partial charge in [-0.15, -0.1) is 0 Å². The summed E-state index contributed by atoms with van der Waals surface area (Å²) in [4.78, 5) is 24.0. The van der Waals surface area contributed by atoms with Gasteiger partial charge in [0.05, 0.1) is 11.4 Å². The van der Waals surface area contributed by atoms with Crippen LogP contribution in [0.5, 0.6) is 0 Å². The van der Waals surface area contributed by atoms with E-state index in [1.807, 2.05) is 62.7 Å². The molecule has 0 aliphatic carbocycles. The van der Waals surface area contributed by atoms with Crippen LogP contribution in [0.15, 0.2) is 36.4 Å². The number of carbonyl (C=O) groups excluding carboxylic acids is 2. The normalized spacial score (nSPS) is 12.4. The monoisotopic (exact) mass is 369 g/mol. The molecule has 1 aromatic heterocycles. The van der Waals surface area contributed by atoms with Crippen LogP contribution in [0, 0.1) is 19.8 Å². The molecular formula is C21H27N3O3. The van der Waals surface area contributed by atoms with E-state index in [-0.39, 0.29) is 5.91 Å². The van der Waals surface area contributed by atoms with Crippen molar-refractivity contribution in [3.8, 4) is 5.69 Å². The molecule has 0 radical (unpaired) electrons. The molecule has 1 aromatic carbocycles. The molecule has 0 spiro atoms. The summed E-state index contributed by atoms with van der Waals surface area (Å²) in [6, 6.07) is 9.79. The van der Waals surface area contributed by atoms with Gasteiger partial charge in [-0.3, -0.25) is 4.79 Å². The molecule has 1 amide bonds. The standard InChI is InChI=1S/C21H27N3O3/c1-14(2)13-22-21(26)17(5)27-20(25)12-11-19-15(3)23-24(16(19)4)18-9-7-6-8-10-18/h6-12,14,17H,13H2,1-5H3,(H,22,26)/b12-11+/t17-/m0/s1. The minimum atomic E-state index is -0.838. The summed E-state index contributed by atoms with van der Waals surface area (Å²) in [7, 11) is 0. The highest BCUT2D eigenvalue weighted by atomic mass is 16.5. The maximum absolute atomic E-state index is 12.1. The quantitative estimate of drug-likeness (QED) is 0.601. The predicted octanol–water partition coefficient (Wildman–Crippen LogP) is 3.21. The van der Waals surface area contributed by atoms with Crippen LogP contribution in [-0.4, -0.2) is 34.3 Å². The number of amides is 1. The van der Waals surface area contributed by atoms with Crippen molar-refractivity contribution in [2.75, 3.05) is 6.54 Å². The lowest BCUT2D eigenvalue weighted by Crippen LogP contribution is -2.37. The lowest BCUT2D eigenvalue weighted by Gasteiger charge is -2.13. The summed E-state index contributed by atoms with van der Waals surface area (Å²) in [5.74, 6) is -0.521. The minimum Gasteiger partial charge on any atom is -0.449 e. The van der Waals surface area contributed by atoms with Crippen molar-refractivity contribution < 1.29 is 14.3 Å². The Bertz CT molecular complexity index is 823. The zero-order valence-corrected chi connectivity index (χ0v) is 16.5. The fourth-order valence-electron chi connectivity index (χ4n) is 2.58. The zero-order valence-electron chi connectivity index (χ0n) is 16.5. The zero-order chi connectivity index (χ0) is 20.0. The number of nitrogens with zero attached hydrogens (tertiary/aromatic N) is 2.